The van der Waals surface area contributed by atoms with Crippen LogP contribution in [0.5, 0.6) is 0 Å². The van der Waals surface area contributed by atoms with E-state index < -0.39 is 0 Å². The van der Waals surface area contributed by atoms with Crippen molar-refractivity contribution >= 4 is 17.3 Å². The lowest BCUT2D eigenvalue weighted by atomic mass is 10.2. The molecule has 0 unspecified atom stereocenters. The Morgan fingerprint density at radius 2 is 1.92 bits per heavy atom. The van der Waals surface area contributed by atoms with Crippen LogP contribution in [-0.2, 0) is 5.88 Å². The minimum Gasteiger partial charge on any atom is -0.592 e. The molecule has 1 rings (SSSR count). The summed E-state index contributed by atoms with van der Waals surface area (Å²) in [6.07, 6.45) is 0. The second kappa shape index (κ2) is 5.34. The highest BCUT2D eigenvalue weighted by atomic mass is 35.5. The van der Waals surface area contributed by atoms with Crippen molar-refractivity contribution in [1.82, 2.24) is 6.15 Å². The molecule has 0 aromatic heterocycles. The maximum Gasteiger partial charge on any atom is 0.248 e. The van der Waals surface area contributed by atoms with E-state index in [9.17, 15) is 5.21 Å². The highest BCUT2D eigenvalue weighted by Crippen LogP contribution is 2.13. The molecule has 0 aliphatic carbocycles. The van der Waals surface area contributed by atoms with Gasteiger partial charge in [0.05, 0.1) is 0 Å². The number of hydrogen-bond donors (Lipinski definition) is 2. The van der Waals surface area contributed by atoms with Crippen molar-refractivity contribution in [3.8, 4) is 0 Å². The average Bonchev–Trinajstić information content (AvgIpc) is 2.17. The van der Waals surface area contributed by atoms with Gasteiger partial charge in [-0.15, -0.1) is 11.6 Å². The molecular formula is C7H10ClN3O2. The van der Waals surface area contributed by atoms with Crippen LogP contribution in [0.3, 0.4) is 0 Å². The summed E-state index contributed by atoms with van der Waals surface area (Å²) in [6.45, 7) is 0. The lowest BCUT2D eigenvalue weighted by Gasteiger charge is -1.97. The van der Waals surface area contributed by atoms with E-state index in [1.54, 1.807) is 12.1 Å². The average molecular weight is 204 g/mol. The van der Waals surface area contributed by atoms with Crippen molar-refractivity contribution in [1.29, 1.82) is 0 Å². The van der Waals surface area contributed by atoms with Gasteiger partial charge in [-0.05, 0) is 10.4 Å². The number of halogens is 1. The molecule has 4 N–H and O–H groups in total. The molecule has 0 heterocycles. The summed E-state index contributed by atoms with van der Waals surface area (Å²) in [5.41, 5.74) is 1.18. The Balaban J connectivity index is 0.00000144. The first-order valence-electron chi connectivity index (χ1n) is 3.25. The van der Waals surface area contributed by atoms with Crippen LogP contribution in [0, 0.1) is 5.21 Å². The van der Waals surface area contributed by atoms with Gasteiger partial charge in [0.1, 0.15) is 0 Å². The smallest absolute Gasteiger partial charge is 0.248 e. The van der Waals surface area contributed by atoms with Crippen molar-refractivity contribution in [3.05, 3.63) is 35.0 Å². The lowest BCUT2D eigenvalue weighted by Crippen LogP contribution is -1.90. The van der Waals surface area contributed by atoms with Gasteiger partial charge in [0, 0.05) is 18.0 Å². The van der Waals surface area contributed by atoms with E-state index in [1.165, 1.54) is 12.1 Å². The predicted octanol–water partition coefficient (Wildman–Crippen LogP) is 2.57. The first-order chi connectivity index (χ1) is 5.77. The summed E-state index contributed by atoms with van der Waals surface area (Å²) in [6, 6.07) is 6.45. The third-order valence-electron chi connectivity index (χ3n) is 1.39. The zero-order valence-electron chi connectivity index (χ0n) is 6.85. The molecule has 0 spiro atoms. The summed E-state index contributed by atoms with van der Waals surface area (Å²) in [5.74, 6) is 0.398. The molecule has 0 saturated carbocycles. The Bertz CT molecular complexity index is 286. The fourth-order valence-corrected chi connectivity index (χ4v) is 0.942. The number of alkyl halides is 1. The minimum atomic E-state index is 0. The van der Waals surface area contributed by atoms with Crippen LogP contribution in [0.1, 0.15) is 5.56 Å². The van der Waals surface area contributed by atoms with Gasteiger partial charge >= 0.3 is 0 Å². The van der Waals surface area contributed by atoms with Crippen LogP contribution >= 0.6 is 11.6 Å². The first-order valence-corrected chi connectivity index (χ1v) is 3.78. The second-order valence-corrected chi connectivity index (χ2v) is 2.43. The molecule has 0 amide bonds. The summed E-state index contributed by atoms with van der Waals surface area (Å²) in [5, 5.41) is 21.3. The summed E-state index contributed by atoms with van der Waals surface area (Å²) < 4.78 is 0. The van der Waals surface area contributed by atoms with Crippen LogP contribution in [-0.4, -0.2) is 10.1 Å². The van der Waals surface area contributed by atoms with Gasteiger partial charge in [-0.1, -0.05) is 12.1 Å². The number of nitrogens with zero attached hydrogens (tertiary/aromatic N) is 2. The molecule has 0 aliphatic heterocycles. The number of rotatable bonds is 2. The summed E-state index contributed by atoms with van der Waals surface area (Å²) in [7, 11) is 0. The monoisotopic (exact) mass is 203 g/mol. The molecule has 0 radical (unpaired) electrons. The highest BCUT2D eigenvalue weighted by Gasteiger charge is 2.01. The van der Waals surface area contributed by atoms with Crippen LogP contribution in [0.25, 0.3) is 0 Å². The van der Waals surface area contributed by atoms with E-state index in [0.29, 0.717) is 5.88 Å². The van der Waals surface area contributed by atoms with Gasteiger partial charge in [0.15, 0.2) is 0 Å². The molecule has 0 saturated heterocycles. The van der Waals surface area contributed by atoms with Crippen molar-refractivity contribution in [2.75, 3.05) is 0 Å². The van der Waals surface area contributed by atoms with E-state index in [0.717, 1.165) is 5.56 Å². The van der Waals surface area contributed by atoms with Gasteiger partial charge in [0.25, 0.3) is 0 Å². The van der Waals surface area contributed by atoms with Crippen molar-refractivity contribution in [2.45, 2.75) is 5.88 Å². The molecule has 0 bridgehead atoms. The Hall–Kier alpha value is -1.33. The molecule has 0 fully saturated rings. The first kappa shape index (κ1) is 11.7. The van der Waals surface area contributed by atoms with E-state index in [4.69, 9.17) is 16.8 Å². The van der Waals surface area contributed by atoms with Crippen molar-refractivity contribution in [2.24, 2.45) is 5.28 Å². The van der Waals surface area contributed by atoms with Gasteiger partial charge in [-0.3, -0.25) is 0 Å². The third kappa shape index (κ3) is 2.89. The van der Waals surface area contributed by atoms with Crippen LogP contribution < -0.4 is 6.15 Å². The zero-order chi connectivity index (χ0) is 8.97. The van der Waals surface area contributed by atoms with Crippen LogP contribution in [0.15, 0.2) is 29.5 Å². The Morgan fingerprint density at radius 1 is 1.38 bits per heavy atom. The molecule has 6 heteroatoms. The Kier molecular flexibility index (Phi) is 4.79. The lowest BCUT2D eigenvalue weighted by molar-refractivity contribution is -0.473. The molecule has 0 aliphatic rings. The van der Waals surface area contributed by atoms with Gasteiger partial charge in [-0.2, -0.15) is 0 Å². The van der Waals surface area contributed by atoms with Gasteiger partial charge in [0.2, 0.25) is 11.0 Å². The van der Waals surface area contributed by atoms with Crippen LogP contribution in [0.4, 0.5) is 5.69 Å². The maximum atomic E-state index is 10.7. The van der Waals surface area contributed by atoms with Crippen LogP contribution in [0.2, 0.25) is 0 Å². The molecule has 5 nitrogen and oxygen atoms in total. The van der Waals surface area contributed by atoms with Gasteiger partial charge < -0.3 is 16.6 Å². The molecule has 1 aromatic carbocycles. The molecule has 72 valence electrons. The normalized spacial score (nSPS) is 10.7. The molecule has 0 atom stereocenters. The highest BCUT2D eigenvalue weighted by molar-refractivity contribution is 6.17. The quantitative estimate of drug-likeness (QED) is 0.335. The minimum absolute atomic E-state index is 0. The Labute approximate surface area is 80.4 Å². The SMILES string of the molecule is N.[O-][N+](=NO)c1ccc(CCl)cc1. The fourth-order valence-electron chi connectivity index (χ4n) is 0.764. The number of benzene rings is 1. The standard InChI is InChI=1S/C7H7ClN2O2.H3N/c8-5-6-1-3-7(4-2-6)10(12)9-11;/h1-4,11H,5H2;1H3. The predicted molar refractivity (Wildman–Crippen MR) is 48.5 cm³/mol. The largest absolute Gasteiger partial charge is 0.592 e. The molecule has 13 heavy (non-hydrogen) atoms. The third-order valence-corrected chi connectivity index (χ3v) is 1.70. The molecule has 1 aromatic rings. The van der Waals surface area contributed by atoms with E-state index in [1.807, 2.05) is 0 Å². The summed E-state index contributed by atoms with van der Waals surface area (Å²) >= 11 is 5.53. The van der Waals surface area contributed by atoms with E-state index >= 15 is 0 Å². The molecular weight excluding hydrogens is 194 g/mol. The fraction of sp³-hybridized carbons (Fsp3) is 0.143. The van der Waals surface area contributed by atoms with Crippen molar-refractivity contribution < 1.29 is 10.1 Å². The van der Waals surface area contributed by atoms with E-state index in [2.05, 4.69) is 5.28 Å². The Morgan fingerprint density at radius 3 is 2.31 bits per heavy atom. The zero-order valence-corrected chi connectivity index (χ0v) is 7.61. The van der Waals surface area contributed by atoms with Crippen molar-refractivity contribution in [3.63, 3.8) is 0 Å². The maximum absolute atomic E-state index is 10.7. The van der Waals surface area contributed by atoms with E-state index in [-0.39, 0.29) is 16.7 Å². The summed E-state index contributed by atoms with van der Waals surface area (Å²) in [4.78, 5) is 0.123. The number of hydrogen-bond acceptors (Lipinski definition) is 3. The van der Waals surface area contributed by atoms with Gasteiger partial charge in [-0.25, -0.2) is 0 Å². The topological polar surface area (TPSA) is 93.7 Å². The second-order valence-electron chi connectivity index (χ2n) is 2.16.